The minimum atomic E-state index is 0.410. The topological polar surface area (TPSA) is 63.4 Å². The van der Waals surface area contributed by atoms with Gasteiger partial charge < -0.3 is 19.5 Å². The van der Waals surface area contributed by atoms with Crippen molar-refractivity contribution in [2.24, 2.45) is 0 Å². The van der Waals surface area contributed by atoms with Gasteiger partial charge in [0.25, 0.3) is 5.95 Å². The van der Waals surface area contributed by atoms with Crippen molar-refractivity contribution in [3.63, 3.8) is 0 Å². The maximum absolute atomic E-state index is 5.31. The van der Waals surface area contributed by atoms with Gasteiger partial charge in [-0.3, -0.25) is 0 Å². The lowest BCUT2D eigenvalue weighted by molar-refractivity contribution is 0.121. The van der Waals surface area contributed by atoms with Crippen LogP contribution in [0.3, 0.4) is 0 Å². The standard InChI is InChI=1S/C12H22N4O2/c1-3-4-10(13-2)9-11-14-12(15-18-11)16-5-7-17-8-6-16/h10,13H,3-9H2,1-2H3. The third kappa shape index (κ3) is 3.43. The molecule has 1 unspecified atom stereocenters. The number of hydrogen-bond acceptors (Lipinski definition) is 6. The Morgan fingerprint density at radius 3 is 2.83 bits per heavy atom. The van der Waals surface area contributed by atoms with E-state index in [4.69, 9.17) is 9.26 Å². The third-order valence-electron chi connectivity index (χ3n) is 3.22. The summed E-state index contributed by atoms with van der Waals surface area (Å²) in [6.07, 6.45) is 3.06. The van der Waals surface area contributed by atoms with E-state index in [1.54, 1.807) is 0 Å². The van der Waals surface area contributed by atoms with Crippen LogP contribution >= 0.6 is 0 Å². The molecule has 1 aromatic heterocycles. The van der Waals surface area contributed by atoms with Gasteiger partial charge in [-0.2, -0.15) is 4.98 Å². The van der Waals surface area contributed by atoms with E-state index in [2.05, 4.69) is 27.3 Å². The Morgan fingerprint density at radius 2 is 2.17 bits per heavy atom. The van der Waals surface area contributed by atoms with Gasteiger partial charge in [-0.15, -0.1) is 0 Å². The fourth-order valence-corrected chi connectivity index (χ4v) is 2.13. The van der Waals surface area contributed by atoms with Crippen molar-refractivity contribution in [1.29, 1.82) is 0 Å². The van der Waals surface area contributed by atoms with E-state index in [9.17, 15) is 0 Å². The van der Waals surface area contributed by atoms with Crippen LogP contribution in [0.5, 0.6) is 0 Å². The molecule has 2 heterocycles. The van der Waals surface area contributed by atoms with Crippen LogP contribution in [-0.2, 0) is 11.2 Å². The minimum Gasteiger partial charge on any atom is -0.378 e. The molecule has 0 aliphatic carbocycles. The van der Waals surface area contributed by atoms with Crippen molar-refractivity contribution in [2.75, 3.05) is 38.3 Å². The van der Waals surface area contributed by atoms with Crippen molar-refractivity contribution in [2.45, 2.75) is 32.2 Å². The highest BCUT2D eigenvalue weighted by molar-refractivity contribution is 5.28. The number of rotatable bonds is 6. The summed E-state index contributed by atoms with van der Waals surface area (Å²) in [4.78, 5) is 6.56. The van der Waals surface area contributed by atoms with Crippen molar-refractivity contribution < 1.29 is 9.26 Å². The SMILES string of the molecule is CCCC(Cc1nc(N2CCOCC2)no1)NC. The predicted octanol–water partition coefficient (Wildman–Crippen LogP) is 0.837. The van der Waals surface area contributed by atoms with Crippen LogP contribution in [0.25, 0.3) is 0 Å². The van der Waals surface area contributed by atoms with Gasteiger partial charge in [-0.25, -0.2) is 0 Å². The highest BCUT2D eigenvalue weighted by Gasteiger charge is 2.18. The molecule has 1 aromatic rings. The largest absolute Gasteiger partial charge is 0.378 e. The molecule has 2 rings (SSSR count). The lowest BCUT2D eigenvalue weighted by Gasteiger charge is -2.24. The van der Waals surface area contributed by atoms with Crippen molar-refractivity contribution in [1.82, 2.24) is 15.5 Å². The molecule has 0 aromatic carbocycles. The van der Waals surface area contributed by atoms with Gasteiger partial charge in [0.2, 0.25) is 5.89 Å². The van der Waals surface area contributed by atoms with Crippen LogP contribution in [0.15, 0.2) is 4.52 Å². The second-order valence-corrected chi connectivity index (χ2v) is 4.57. The number of likely N-dealkylation sites (N-methyl/N-ethyl adjacent to an activating group) is 1. The van der Waals surface area contributed by atoms with E-state index in [1.165, 1.54) is 0 Å². The van der Waals surface area contributed by atoms with Crippen LogP contribution < -0.4 is 10.2 Å². The molecule has 18 heavy (non-hydrogen) atoms. The molecular weight excluding hydrogens is 232 g/mol. The summed E-state index contributed by atoms with van der Waals surface area (Å²) in [5.74, 6) is 1.41. The first kappa shape index (κ1) is 13.3. The van der Waals surface area contributed by atoms with E-state index >= 15 is 0 Å². The maximum atomic E-state index is 5.31. The molecule has 0 spiro atoms. The van der Waals surface area contributed by atoms with Crippen molar-refractivity contribution >= 4 is 5.95 Å². The number of aromatic nitrogens is 2. The van der Waals surface area contributed by atoms with Gasteiger partial charge in [-0.1, -0.05) is 13.3 Å². The smallest absolute Gasteiger partial charge is 0.266 e. The molecule has 0 bridgehead atoms. The van der Waals surface area contributed by atoms with Crippen molar-refractivity contribution in [3.05, 3.63) is 5.89 Å². The number of ether oxygens (including phenoxy) is 1. The minimum absolute atomic E-state index is 0.410. The Morgan fingerprint density at radius 1 is 1.39 bits per heavy atom. The average Bonchev–Trinajstić information content (AvgIpc) is 2.88. The van der Waals surface area contributed by atoms with E-state index < -0.39 is 0 Å². The molecule has 1 aliphatic heterocycles. The van der Waals surface area contributed by atoms with Crippen molar-refractivity contribution in [3.8, 4) is 0 Å². The van der Waals surface area contributed by atoms with Gasteiger partial charge in [0.15, 0.2) is 0 Å². The van der Waals surface area contributed by atoms with Gasteiger partial charge in [-0.05, 0) is 18.6 Å². The predicted molar refractivity (Wildman–Crippen MR) is 68.8 cm³/mol. The molecule has 1 aliphatic rings. The Hall–Kier alpha value is -1.14. The van der Waals surface area contributed by atoms with Crippen LogP contribution in [-0.4, -0.2) is 49.5 Å². The molecule has 1 N–H and O–H groups in total. The first-order valence-corrected chi connectivity index (χ1v) is 6.66. The lowest BCUT2D eigenvalue weighted by atomic mass is 10.1. The molecule has 0 radical (unpaired) electrons. The highest BCUT2D eigenvalue weighted by Crippen LogP contribution is 2.13. The number of anilines is 1. The summed E-state index contributed by atoms with van der Waals surface area (Å²) in [5.41, 5.74) is 0. The summed E-state index contributed by atoms with van der Waals surface area (Å²) in [6, 6.07) is 0.410. The Balaban J connectivity index is 1.92. The fraction of sp³-hybridized carbons (Fsp3) is 0.833. The Bertz CT molecular complexity index is 350. The number of morpholine rings is 1. The maximum Gasteiger partial charge on any atom is 0.266 e. The zero-order chi connectivity index (χ0) is 12.8. The number of nitrogens with zero attached hydrogens (tertiary/aromatic N) is 3. The summed E-state index contributed by atoms with van der Waals surface area (Å²) in [5, 5.41) is 7.32. The highest BCUT2D eigenvalue weighted by atomic mass is 16.5. The van der Waals surface area contributed by atoms with E-state index in [-0.39, 0.29) is 0 Å². The van der Waals surface area contributed by atoms with Gasteiger partial charge in [0, 0.05) is 25.6 Å². The second-order valence-electron chi connectivity index (χ2n) is 4.57. The van der Waals surface area contributed by atoms with E-state index in [0.717, 1.165) is 45.6 Å². The van der Waals surface area contributed by atoms with Gasteiger partial charge >= 0.3 is 0 Å². The zero-order valence-electron chi connectivity index (χ0n) is 11.2. The summed E-state index contributed by atoms with van der Waals surface area (Å²) in [6.45, 7) is 5.32. The zero-order valence-corrected chi connectivity index (χ0v) is 11.2. The quantitative estimate of drug-likeness (QED) is 0.811. The molecule has 0 amide bonds. The lowest BCUT2D eigenvalue weighted by Crippen LogP contribution is -2.36. The molecule has 1 atom stereocenters. The van der Waals surface area contributed by atoms with Gasteiger partial charge in [0.05, 0.1) is 13.2 Å². The molecule has 6 heteroatoms. The average molecular weight is 254 g/mol. The van der Waals surface area contributed by atoms with E-state index in [0.29, 0.717) is 17.9 Å². The Labute approximate surface area is 108 Å². The monoisotopic (exact) mass is 254 g/mol. The second kappa shape index (κ2) is 6.70. The molecule has 1 fully saturated rings. The number of hydrogen-bond donors (Lipinski definition) is 1. The molecule has 6 nitrogen and oxygen atoms in total. The van der Waals surface area contributed by atoms with Crippen LogP contribution in [0.2, 0.25) is 0 Å². The molecule has 0 saturated carbocycles. The van der Waals surface area contributed by atoms with Crippen LogP contribution in [0, 0.1) is 0 Å². The third-order valence-corrected chi connectivity index (χ3v) is 3.22. The molecular formula is C12H22N4O2. The van der Waals surface area contributed by atoms with Crippen LogP contribution in [0.1, 0.15) is 25.7 Å². The molecule has 102 valence electrons. The summed E-state index contributed by atoms with van der Waals surface area (Å²) < 4.78 is 10.6. The normalized spacial score (nSPS) is 18.0. The van der Waals surface area contributed by atoms with Crippen LogP contribution in [0.4, 0.5) is 5.95 Å². The summed E-state index contributed by atoms with van der Waals surface area (Å²) in [7, 11) is 1.97. The summed E-state index contributed by atoms with van der Waals surface area (Å²) >= 11 is 0. The fourth-order valence-electron chi connectivity index (χ4n) is 2.13. The first-order valence-electron chi connectivity index (χ1n) is 6.66. The van der Waals surface area contributed by atoms with E-state index in [1.807, 2.05) is 7.05 Å². The van der Waals surface area contributed by atoms with Gasteiger partial charge in [0.1, 0.15) is 0 Å². The molecule has 1 saturated heterocycles. The first-order chi connectivity index (χ1) is 8.83. The Kier molecular flexibility index (Phi) is 4.95. The number of nitrogens with one attached hydrogen (secondary N) is 1.